The largest absolute Gasteiger partial charge is 0.391 e. The molecule has 1 aromatic heterocycles. The Balaban J connectivity index is 1.90. The molecular formula is C12H17IN4O2. The first kappa shape index (κ1) is 13.3. The summed E-state index contributed by atoms with van der Waals surface area (Å²) in [5, 5.41) is 9.72. The molecule has 104 valence electrons. The number of aliphatic imine (C=N–C) groups is 1. The summed E-state index contributed by atoms with van der Waals surface area (Å²) in [7, 11) is 0. The number of ether oxygens (including phenoxy) is 1. The predicted molar refractivity (Wildman–Crippen MR) is 82.1 cm³/mol. The van der Waals surface area contributed by atoms with E-state index >= 15 is 0 Å². The standard InChI is InChI=1S/C12H17IN4O2/c1-6-3-8(19-10(6)7(2)18)17-5-16-9-11(14)13-4-15-12(9)17/h4-8,10,18H,3,14H2,1-2H3/t6-,7+,8+,10-/m0/s1. The number of aromatic nitrogens is 2. The Kier molecular flexibility index (Phi) is 3.54. The quantitative estimate of drug-likeness (QED) is 0.762. The second-order valence-electron chi connectivity index (χ2n) is 5.02. The average molecular weight is 376 g/mol. The molecule has 0 aliphatic carbocycles. The molecule has 6 nitrogen and oxygen atoms in total. The lowest BCUT2D eigenvalue weighted by Gasteiger charge is -2.19. The molecule has 3 rings (SSSR count). The van der Waals surface area contributed by atoms with Crippen molar-refractivity contribution in [3.05, 3.63) is 12.0 Å². The Morgan fingerprint density at radius 1 is 1.63 bits per heavy atom. The van der Waals surface area contributed by atoms with Crippen molar-refractivity contribution in [1.82, 2.24) is 9.55 Å². The number of fused-ring (bicyclic) bond motifs is 1. The molecule has 0 bridgehead atoms. The highest BCUT2D eigenvalue weighted by Gasteiger charge is 2.37. The molecule has 7 heteroatoms. The van der Waals surface area contributed by atoms with Gasteiger partial charge in [0.05, 0.1) is 26.4 Å². The van der Waals surface area contributed by atoms with E-state index in [0.717, 1.165) is 21.6 Å². The molecule has 19 heavy (non-hydrogen) atoms. The molecule has 0 saturated carbocycles. The van der Waals surface area contributed by atoms with Crippen molar-refractivity contribution in [2.45, 2.75) is 38.7 Å². The van der Waals surface area contributed by atoms with E-state index in [2.05, 4.69) is 16.9 Å². The minimum atomic E-state index is -0.467. The lowest BCUT2D eigenvalue weighted by atomic mass is 10.00. The molecule has 3 heterocycles. The lowest BCUT2D eigenvalue weighted by Crippen LogP contribution is -2.27. The van der Waals surface area contributed by atoms with E-state index in [0.29, 0.717) is 5.92 Å². The Morgan fingerprint density at radius 3 is 3.11 bits per heavy atom. The van der Waals surface area contributed by atoms with Crippen molar-refractivity contribution in [3.63, 3.8) is 0 Å². The van der Waals surface area contributed by atoms with Crippen LogP contribution in [0.15, 0.2) is 11.3 Å². The van der Waals surface area contributed by atoms with Gasteiger partial charge in [-0.15, -0.1) is 0 Å². The summed E-state index contributed by atoms with van der Waals surface area (Å²) in [6, 6.07) is 0. The van der Waals surface area contributed by atoms with E-state index < -0.39 is 6.10 Å². The third-order valence-corrected chi connectivity index (χ3v) is 5.30. The van der Waals surface area contributed by atoms with Crippen molar-refractivity contribution in [2.75, 3.05) is 0 Å². The summed E-state index contributed by atoms with van der Waals surface area (Å²) in [6.07, 6.45) is 1.87. The fourth-order valence-electron chi connectivity index (χ4n) is 2.63. The maximum atomic E-state index is 9.72. The maximum absolute atomic E-state index is 9.72. The van der Waals surface area contributed by atoms with Gasteiger partial charge in [0.1, 0.15) is 11.9 Å². The molecule has 0 spiro atoms. The van der Waals surface area contributed by atoms with Gasteiger partial charge in [0.2, 0.25) is 0 Å². The molecule has 1 saturated heterocycles. The van der Waals surface area contributed by atoms with E-state index in [1.54, 1.807) is 13.3 Å². The van der Waals surface area contributed by atoms with Gasteiger partial charge in [0.15, 0.2) is 5.82 Å². The highest BCUT2D eigenvalue weighted by molar-refractivity contribution is 14.2. The van der Waals surface area contributed by atoms with E-state index in [1.807, 2.05) is 8.79 Å². The molecule has 2 aliphatic rings. The maximum Gasteiger partial charge on any atom is 0.164 e. The van der Waals surface area contributed by atoms with Crippen molar-refractivity contribution < 1.29 is 9.84 Å². The van der Waals surface area contributed by atoms with Crippen LogP contribution in [-0.4, -0.2) is 34.7 Å². The summed E-state index contributed by atoms with van der Waals surface area (Å²) >= 11 is -0.319. The van der Waals surface area contributed by atoms with Crippen molar-refractivity contribution in [1.29, 1.82) is 0 Å². The van der Waals surface area contributed by atoms with Gasteiger partial charge in [-0.05, 0) is 19.3 Å². The van der Waals surface area contributed by atoms with Crippen molar-refractivity contribution >= 4 is 34.4 Å². The number of aliphatic hydroxyl groups excluding tert-OH is 1. The predicted octanol–water partition coefficient (Wildman–Crippen LogP) is 1.27. The number of hydrogen-bond donors (Lipinski definition) is 2. The minimum absolute atomic E-state index is 0.118. The zero-order valence-corrected chi connectivity index (χ0v) is 13.0. The van der Waals surface area contributed by atoms with E-state index in [-0.39, 0.29) is 33.1 Å². The Morgan fingerprint density at radius 2 is 2.42 bits per heavy atom. The van der Waals surface area contributed by atoms with Gasteiger partial charge >= 0.3 is 0 Å². The summed E-state index contributed by atoms with van der Waals surface area (Å²) in [5.74, 6) is 1.09. The molecule has 0 radical (unpaired) electrons. The summed E-state index contributed by atoms with van der Waals surface area (Å²) in [6.45, 7) is 3.86. The number of halogens is 1. The van der Waals surface area contributed by atoms with E-state index in [1.165, 1.54) is 0 Å². The van der Waals surface area contributed by atoms with Gasteiger partial charge in [-0.1, -0.05) is 27.7 Å². The fraction of sp³-hybridized carbons (Fsp3) is 0.583. The van der Waals surface area contributed by atoms with Gasteiger partial charge < -0.3 is 9.84 Å². The SMILES string of the molecule is C[C@@H](O)[C@H]1O[C@@H](n2cnc3c2N=CI=C3N)C[C@@H]1C. The van der Waals surface area contributed by atoms with Gasteiger partial charge in [0, 0.05) is 0 Å². The minimum Gasteiger partial charge on any atom is -0.391 e. The first-order chi connectivity index (χ1) is 9.08. The van der Waals surface area contributed by atoms with Crippen LogP contribution >= 0.6 is 20.7 Å². The van der Waals surface area contributed by atoms with Crippen LogP contribution in [0.3, 0.4) is 0 Å². The van der Waals surface area contributed by atoms with Gasteiger partial charge in [-0.25, -0.2) is 9.98 Å². The number of nitrogens with zero attached hydrogens (tertiary/aromatic N) is 3. The average Bonchev–Trinajstić information content (AvgIpc) is 2.93. The number of imidazole rings is 1. The molecule has 0 aromatic carbocycles. The van der Waals surface area contributed by atoms with Crippen LogP contribution in [0.5, 0.6) is 0 Å². The molecule has 2 aliphatic heterocycles. The van der Waals surface area contributed by atoms with Crippen molar-refractivity contribution in [3.8, 4) is 0 Å². The van der Waals surface area contributed by atoms with Gasteiger partial charge in [0.25, 0.3) is 0 Å². The molecule has 3 N–H and O–H groups in total. The summed E-state index contributed by atoms with van der Waals surface area (Å²) in [5.41, 5.74) is 6.78. The monoisotopic (exact) mass is 376 g/mol. The lowest BCUT2D eigenvalue weighted by molar-refractivity contribution is -0.0603. The number of aliphatic hydroxyl groups is 1. The topological polar surface area (TPSA) is 85.7 Å². The van der Waals surface area contributed by atoms with Crippen LogP contribution in [0, 0.1) is 5.92 Å². The van der Waals surface area contributed by atoms with E-state index in [9.17, 15) is 5.11 Å². The Bertz CT molecular complexity index is 552. The number of nitrogens with two attached hydrogens (primary N) is 1. The molecule has 1 fully saturated rings. The van der Waals surface area contributed by atoms with E-state index in [4.69, 9.17) is 10.5 Å². The van der Waals surface area contributed by atoms with Gasteiger partial charge in [-0.3, -0.25) is 10.3 Å². The Hall–Kier alpha value is -0.640. The van der Waals surface area contributed by atoms with Crippen LogP contribution in [0.25, 0.3) is 0 Å². The Labute approximate surface area is 121 Å². The third-order valence-electron chi connectivity index (χ3n) is 3.57. The number of rotatable bonds is 2. The third kappa shape index (κ3) is 2.28. The molecule has 4 atom stereocenters. The highest BCUT2D eigenvalue weighted by atomic mass is 127. The zero-order chi connectivity index (χ0) is 13.6. The first-order valence-electron chi connectivity index (χ1n) is 6.27. The molecule has 1 aromatic rings. The normalized spacial score (nSPS) is 31.6. The van der Waals surface area contributed by atoms with Gasteiger partial charge in [-0.2, -0.15) is 0 Å². The highest BCUT2D eigenvalue weighted by Crippen LogP contribution is 2.38. The second-order valence-corrected chi connectivity index (χ2v) is 7.36. The van der Waals surface area contributed by atoms with Crippen LogP contribution in [0.2, 0.25) is 0 Å². The molecule has 0 unspecified atom stereocenters. The summed E-state index contributed by atoms with van der Waals surface area (Å²) < 4.78 is 10.6. The zero-order valence-electron chi connectivity index (χ0n) is 10.8. The van der Waals surface area contributed by atoms with Crippen LogP contribution in [0.4, 0.5) is 5.82 Å². The van der Waals surface area contributed by atoms with Crippen LogP contribution < -0.4 is 5.73 Å². The second kappa shape index (κ2) is 5.04. The van der Waals surface area contributed by atoms with Crippen LogP contribution in [0.1, 0.15) is 32.2 Å². The fourth-order valence-corrected chi connectivity index (χ4v) is 4.01. The smallest absolute Gasteiger partial charge is 0.164 e. The first-order valence-corrected chi connectivity index (χ1v) is 8.59. The molecular weight excluding hydrogens is 359 g/mol. The molecule has 0 amide bonds. The summed E-state index contributed by atoms with van der Waals surface area (Å²) in [4.78, 5) is 8.77. The van der Waals surface area contributed by atoms with Crippen molar-refractivity contribution in [2.24, 2.45) is 16.6 Å². The number of hydrogen-bond acceptors (Lipinski definition) is 5. The van der Waals surface area contributed by atoms with Crippen LogP contribution in [-0.2, 0) is 4.74 Å².